The summed E-state index contributed by atoms with van der Waals surface area (Å²) in [4.78, 5) is 0. The maximum absolute atomic E-state index is 12.5. The van der Waals surface area contributed by atoms with Gasteiger partial charge in [-0.05, 0) is 25.7 Å². The predicted molar refractivity (Wildman–Crippen MR) is 60.3 cm³/mol. The second kappa shape index (κ2) is 5.16. The van der Waals surface area contributed by atoms with Crippen molar-refractivity contribution in [3.05, 3.63) is 0 Å². The fraction of sp³-hybridized carbons (Fsp3) is 1.00. The Balaban J connectivity index is 2.00. The highest BCUT2D eigenvalue weighted by atomic mass is 32.2. The van der Waals surface area contributed by atoms with Gasteiger partial charge < -0.3 is 5.32 Å². The Morgan fingerprint density at radius 3 is 2.53 bits per heavy atom. The molecule has 0 bridgehead atoms. The van der Waals surface area contributed by atoms with Gasteiger partial charge in [-0.25, -0.2) is 8.42 Å². The fourth-order valence-electron chi connectivity index (χ4n) is 2.21. The van der Waals surface area contributed by atoms with Crippen LogP contribution in [0.4, 0.5) is 8.78 Å². The van der Waals surface area contributed by atoms with Gasteiger partial charge in [0.15, 0.2) is 0 Å². The van der Waals surface area contributed by atoms with Crippen LogP contribution in [0, 0.1) is 0 Å². The highest BCUT2D eigenvalue weighted by Gasteiger charge is 2.38. The van der Waals surface area contributed by atoms with Crippen LogP contribution in [-0.2, 0) is 10.0 Å². The molecule has 1 saturated heterocycles. The van der Waals surface area contributed by atoms with Crippen molar-refractivity contribution in [1.29, 1.82) is 0 Å². The maximum atomic E-state index is 12.5. The van der Waals surface area contributed by atoms with Gasteiger partial charge in [0, 0.05) is 25.2 Å². The van der Waals surface area contributed by atoms with Crippen molar-refractivity contribution in [2.45, 2.75) is 49.9 Å². The van der Waals surface area contributed by atoms with E-state index in [0.717, 1.165) is 23.6 Å². The molecule has 1 saturated carbocycles. The molecule has 0 aromatic carbocycles. The highest BCUT2D eigenvalue weighted by Crippen LogP contribution is 2.25. The van der Waals surface area contributed by atoms with Crippen LogP contribution >= 0.6 is 0 Å². The van der Waals surface area contributed by atoms with Gasteiger partial charge >= 0.3 is 5.76 Å². The maximum Gasteiger partial charge on any atom is 0.350 e. The highest BCUT2D eigenvalue weighted by molar-refractivity contribution is 7.89. The lowest BCUT2D eigenvalue weighted by molar-refractivity contribution is 0.190. The number of halogens is 2. The number of hydrogen-bond donors (Lipinski definition) is 1. The van der Waals surface area contributed by atoms with Crippen molar-refractivity contribution in [2.24, 2.45) is 0 Å². The Bertz CT molecular complexity index is 357. The molecule has 0 radical (unpaired) electrons. The van der Waals surface area contributed by atoms with Crippen molar-refractivity contribution in [3.63, 3.8) is 0 Å². The molecule has 17 heavy (non-hydrogen) atoms. The molecule has 1 atom stereocenters. The molecule has 0 aromatic heterocycles. The van der Waals surface area contributed by atoms with E-state index in [9.17, 15) is 17.2 Å². The van der Waals surface area contributed by atoms with E-state index in [1.165, 1.54) is 0 Å². The predicted octanol–water partition coefficient (Wildman–Crippen LogP) is 1.15. The van der Waals surface area contributed by atoms with Gasteiger partial charge in [-0.15, -0.1) is 0 Å². The van der Waals surface area contributed by atoms with E-state index in [2.05, 4.69) is 5.32 Å². The topological polar surface area (TPSA) is 49.4 Å². The van der Waals surface area contributed by atoms with Gasteiger partial charge in [-0.1, -0.05) is 6.42 Å². The third-order valence-corrected chi connectivity index (χ3v) is 4.93. The van der Waals surface area contributed by atoms with Gasteiger partial charge in [0.2, 0.25) is 0 Å². The zero-order valence-corrected chi connectivity index (χ0v) is 10.4. The summed E-state index contributed by atoms with van der Waals surface area (Å²) < 4.78 is 49.1. The number of alkyl halides is 2. The Hall–Kier alpha value is -0.270. The van der Waals surface area contributed by atoms with Crippen LogP contribution in [0.25, 0.3) is 0 Å². The summed E-state index contributed by atoms with van der Waals surface area (Å²) in [5, 5.41) is 3.22. The van der Waals surface area contributed by atoms with Crippen LogP contribution in [0.15, 0.2) is 0 Å². The second-order valence-electron chi connectivity index (χ2n) is 4.75. The summed E-state index contributed by atoms with van der Waals surface area (Å²) in [5.41, 5.74) is 0. The van der Waals surface area contributed by atoms with Crippen LogP contribution in [-0.4, -0.2) is 43.7 Å². The summed E-state index contributed by atoms with van der Waals surface area (Å²) in [6, 6.07) is 0.163. The fourth-order valence-corrected chi connectivity index (χ4v) is 3.39. The van der Waals surface area contributed by atoms with E-state index in [-0.39, 0.29) is 12.6 Å². The molecule has 1 aliphatic heterocycles. The molecule has 0 spiro atoms. The summed E-state index contributed by atoms with van der Waals surface area (Å²) in [5.74, 6) is -3.30. The Morgan fingerprint density at radius 2 is 1.94 bits per heavy atom. The first kappa shape index (κ1) is 13.2. The first-order valence-electron chi connectivity index (χ1n) is 6.04. The monoisotopic (exact) mass is 268 g/mol. The van der Waals surface area contributed by atoms with Crippen LogP contribution in [0.2, 0.25) is 0 Å². The van der Waals surface area contributed by atoms with Crippen molar-refractivity contribution >= 4 is 10.0 Å². The number of hydrogen-bond acceptors (Lipinski definition) is 3. The molecule has 1 unspecified atom stereocenters. The van der Waals surface area contributed by atoms with E-state index in [1.807, 2.05) is 0 Å². The molecule has 2 aliphatic rings. The van der Waals surface area contributed by atoms with Gasteiger partial charge in [-0.3, -0.25) is 0 Å². The Kier molecular flexibility index (Phi) is 3.99. The zero-order valence-electron chi connectivity index (χ0n) is 9.61. The lowest BCUT2D eigenvalue weighted by atomic mass is 10.1. The van der Waals surface area contributed by atoms with Crippen LogP contribution < -0.4 is 5.32 Å². The van der Waals surface area contributed by atoms with Crippen molar-refractivity contribution < 1.29 is 17.2 Å². The standard InChI is InChI=1S/C10H18F2N2O2S/c11-10(12)17(15,16)14-6-2-1-3-9(14)7-13-8-4-5-8/h8-10,13H,1-7H2. The van der Waals surface area contributed by atoms with E-state index in [1.54, 1.807) is 0 Å². The average Bonchev–Trinajstić information content (AvgIpc) is 3.10. The third-order valence-electron chi connectivity index (χ3n) is 3.34. The first-order valence-corrected chi connectivity index (χ1v) is 7.54. The van der Waals surface area contributed by atoms with Crippen LogP contribution in [0.3, 0.4) is 0 Å². The smallest absolute Gasteiger partial charge is 0.312 e. The van der Waals surface area contributed by atoms with Gasteiger partial charge in [0.05, 0.1) is 0 Å². The average molecular weight is 268 g/mol. The Labute approximate surface area is 100 Å². The minimum atomic E-state index is -4.42. The summed E-state index contributed by atoms with van der Waals surface area (Å²) >= 11 is 0. The molecule has 0 aromatic rings. The Morgan fingerprint density at radius 1 is 1.24 bits per heavy atom. The van der Waals surface area contributed by atoms with E-state index in [4.69, 9.17) is 0 Å². The number of nitrogens with zero attached hydrogens (tertiary/aromatic N) is 1. The van der Waals surface area contributed by atoms with Gasteiger partial charge in [-0.2, -0.15) is 13.1 Å². The summed E-state index contributed by atoms with van der Waals surface area (Å²) in [6.07, 6.45) is 4.46. The number of rotatable bonds is 5. The van der Waals surface area contributed by atoms with Gasteiger partial charge in [0.25, 0.3) is 10.0 Å². The largest absolute Gasteiger partial charge is 0.350 e. The molecule has 7 heteroatoms. The molecule has 1 N–H and O–H groups in total. The van der Waals surface area contributed by atoms with E-state index >= 15 is 0 Å². The molecule has 100 valence electrons. The lowest BCUT2D eigenvalue weighted by Gasteiger charge is -2.34. The normalized spacial score (nSPS) is 27.6. The molecular formula is C10H18F2N2O2S. The summed E-state index contributed by atoms with van der Waals surface area (Å²) in [7, 11) is -4.42. The van der Waals surface area contributed by atoms with E-state index in [0.29, 0.717) is 25.4 Å². The van der Waals surface area contributed by atoms with E-state index < -0.39 is 15.8 Å². The minimum absolute atomic E-state index is 0.226. The molecule has 4 nitrogen and oxygen atoms in total. The quantitative estimate of drug-likeness (QED) is 0.813. The molecule has 2 rings (SSSR count). The van der Waals surface area contributed by atoms with Gasteiger partial charge in [0.1, 0.15) is 0 Å². The lowest BCUT2D eigenvalue weighted by Crippen LogP contribution is -2.50. The minimum Gasteiger partial charge on any atom is -0.312 e. The van der Waals surface area contributed by atoms with Crippen molar-refractivity contribution in [3.8, 4) is 0 Å². The second-order valence-corrected chi connectivity index (χ2v) is 6.60. The van der Waals surface area contributed by atoms with Crippen LogP contribution in [0.5, 0.6) is 0 Å². The SMILES string of the molecule is O=S(=O)(C(F)F)N1CCCCC1CNC1CC1. The number of nitrogens with one attached hydrogen (secondary N) is 1. The molecular weight excluding hydrogens is 250 g/mol. The first-order chi connectivity index (χ1) is 8.01. The summed E-state index contributed by atoms with van der Waals surface area (Å²) in [6.45, 7) is 0.723. The molecule has 1 aliphatic carbocycles. The van der Waals surface area contributed by atoms with Crippen LogP contribution in [0.1, 0.15) is 32.1 Å². The number of piperidine rings is 1. The number of sulfonamides is 1. The molecule has 0 amide bonds. The third kappa shape index (κ3) is 3.14. The van der Waals surface area contributed by atoms with Crippen molar-refractivity contribution in [2.75, 3.05) is 13.1 Å². The van der Waals surface area contributed by atoms with Crippen molar-refractivity contribution in [1.82, 2.24) is 9.62 Å². The molecule has 1 heterocycles. The zero-order chi connectivity index (χ0) is 12.5. The molecule has 2 fully saturated rings.